The van der Waals surface area contributed by atoms with Crippen LogP contribution in [-0.4, -0.2) is 32.6 Å². The Morgan fingerprint density at radius 2 is 1.44 bits per heavy atom. The number of rotatable bonds is 8. The quantitative estimate of drug-likeness (QED) is 0.476. The molecule has 0 aliphatic carbocycles. The Bertz CT molecular complexity index is 1320. The molecule has 32 heavy (non-hydrogen) atoms. The second-order valence-electron chi connectivity index (χ2n) is 7.95. The van der Waals surface area contributed by atoms with Crippen molar-refractivity contribution in [2.45, 2.75) is 37.1 Å². The third-order valence-electron chi connectivity index (χ3n) is 5.14. The highest BCUT2D eigenvalue weighted by Gasteiger charge is 2.27. The van der Waals surface area contributed by atoms with Crippen molar-refractivity contribution >= 4 is 19.9 Å². The number of hydrogen-bond donors (Lipinski definition) is 0. The normalized spacial score (nSPS) is 12.4. The van der Waals surface area contributed by atoms with Gasteiger partial charge in [-0.15, -0.1) is 0 Å². The highest BCUT2D eigenvalue weighted by molar-refractivity contribution is 7.90. The number of hydrogen-bond acceptors (Lipinski definition) is 4. The Morgan fingerprint density at radius 3 is 2.06 bits per heavy atom. The van der Waals surface area contributed by atoms with Crippen molar-refractivity contribution in [3.63, 3.8) is 0 Å². The maximum absolute atomic E-state index is 14.2. The average Bonchev–Trinajstić information content (AvgIpc) is 2.74. The van der Waals surface area contributed by atoms with E-state index in [9.17, 15) is 21.2 Å². The summed E-state index contributed by atoms with van der Waals surface area (Å²) in [4.78, 5) is 0.212. The molecular formula is C24H26FNO4S2. The second-order valence-corrected chi connectivity index (χ2v) is 12.5. The first-order valence-electron chi connectivity index (χ1n) is 10.1. The molecule has 8 heteroatoms. The van der Waals surface area contributed by atoms with E-state index in [1.165, 1.54) is 16.4 Å². The Hall–Kier alpha value is -2.55. The zero-order chi connectivity index (χ0) is 23.5. The summed E-state index contributed by atoms with van der Waals surface area (Å²) < 4.78 is 65.3. The minimum atomic E-state index is -3.67. The molecular weight excluding hydrogens is 449 g/mol. The van der Waals surface area contributed by atoms with Gasteiger partial charge in [0.25, 0.3) is 0 Å². The molecule has 3 aromatic carbocycles. The molecule has 0 aliphatic heterocycles. The Morgan fingerprint density at radius 1 is 0.812 bits per heavy atom. The van der Waals surface area contributed by atoms with E-state index in [0.29, 0.717) is 16.7 Å². The fourth-order valence-electron chi connectivity index (χ4n) is 3.31. The SMILES string of the molecule is CC(C)S(=O)(=O)N(Cc1cccc(-c2cccc(S(C)(=O)=O)c2)c1)Cc1ccccc1F. The van der Waals surface area contributed by atoms with Gasteiger partial charge in [-0.1, -0.05) is 48.5 Å². The van der Waals surface area contributed by atoms with E-state index in [0.717, 1.165) is 11.8 Å². The van der Waals surface area contributed by atoms with E-state index >= 15 is 0 Å². The van der Waals surface area contributed by atoms with Crippen molar-refractivity contribution in [3.05, 3.63) is 89.7 Å². The molecule has 0 heterocycles. The van der Waals surface area contributed by atoms with Gasteiger partial charge in [0.15, 0.2) is 9.84 Å². The van der Waals surface area contributed by atoms with E-state index < -0.39 is 30.9 Å². The smallest absolute Gasteiger partial charge is 0.217 e. The van der Waals surface area contributed by atoms with Crippen LogP contribution in [0.1, 0.15) is 25.0 Å². The van der Waals surface area contributed by atoms with Crippen LogP contribution >= 0.6 is 0 Å². The largest absolute Gasteiger partial charge is 0.224 e. The van der Waals surface area contributed by atoms with Crippen LogP contribution in [0.25, 0.3) is 11.1 Å². The van der Waals surface area contributed by atoms with Gasteiger partial charge >= 0.3 is 0 Å². The summed E-state index contributed by atoms with van der Waals surface area (Å²) in [6.45, 7) is 3.17. The van der Waals surface area contributed by atoms with Crippen molar-refractivity contribution in [2.24, 2.45) is 0 Å². The van der Waals surface area contributed by atoms with Crippen LogP contribution in [0.3, 0.4) is 0 Å². The van der Waals surface area contributed by atoms with Gasteiger partial charge in [0.2, 0.25) is 10.0 Å². The molecule has 0 N–H and O–H groups in total. The molecule has 0 aromatic heterocycles. The fourth-order valence-corrected chi connectivity index (χ4v) is 5.22. The molecule has 3 rings (SSSR count). The van der Waals surface area contributed by atoms with E-state index in [1.54, 1.807) is 62.4 Å². The lowest BCUT2D eigenvalue weighted by molar-refractivity contribution is 0.389. The third kappa shape index (κ3) is 5.62. The number of sulfonamides is 1. The first-order chi connectivity index (χ1) is 15.0. The number of nitrogens with zero attached hydrogens (tertiary/aromatic N) is 1. The zero-order valence-electron chi connectivity index (χ0n) is 18.2. The molecule has 0 spiro atoms. The maximum Gasteiger partial charge on any atom is 0.217 e. The minimum Gasteiger partial charge on any atom is -0.224 e. The molecule has 0 aliphatic rings. The highest BCUT2D eigenvalue weighted by Crippen LogP contribution is 2.25. The predicted molar refractivity (Wildman–Crippen MR) is 125 cm³/mol. The van der Waals surface area contributed by atoms with Gasteiger partial charge in [-0.3, -0.25) is 0 Å². The summed E-state index contributed by atoms with van der Waals surface area (Å²) in [6.07, 6.45) is 1.15. The molecule has 0 atom stereocenters. The summed E-state index contributed by atoms with van der Waals surface area (Å²) in [5.41, 5.74) is 2.49. The van der Waals surface area contributed by atoms with Crippen molar-refractivity contribution < 1.29 is 21.2 Å². The Balaban J connectivity index is 1.97. The topological polar surface area (TPSA) is 71.5 Å². The van der Waals surface area contributed by atoms with Gasteiger partial charge in [0, 0.05) is 24.9 Å². The summed E-state index contributed by atoms with van der Waals surface area (Å²) in [5.74, 6) is -0.456. The third-order valence-corrected chi connectivity index (χ3v) is 8.42. The maximum atomic E-state index is 14.2. The summed E-state index contributed by atoms with van der Waals surface area (Å²) in [7, 11) is -7.02. The fraction of sp³-hybridized carbons (Fsp3) is 0.250. The van der Waals surface area contributed by atoms with Crippen LogP contribution in [0.4, 0.5) is 4.39 Å². The number of benzene rings is 3. The molecule has 170 valence electrons. The van der Waals surface area contributed by atoms with Gasteiger partial charge in [0.05, 0.1) is 10.1 Å². The predicted octanol–water partition coefficient (Wildman–Crippen LogP) is 4.64. The zero-order valence-corrected chi connectivity index (χ0v) is 19.8. The summed E-state index contributed by atoms with van der Waals surface area (Å²) in [5, 5.41) is -0.663. The highest BCUT2D eigenvalue weighted by atomic mass is 32.2. The van der Waals surface area contributed by atoms with Crippen molar-refractivity contribution in [3.8, 4) is 11.1 Å². The lowest BCUT2D eigenvalue weighted by Gasteiger charge is -2.25. The number of halogens is 1. The molecule has 0 bridgehead atoms. The van der Waals surface area contributed by atoms with Gasteiger partial charge in [-0.2, -0.15) is 4.31 Å². The van der Waals surface area contributed by atoms with Gasteiger partial charge in [-0.05, 0) is 54.8 Å². The van der Waals surface area contributed by atoms with Crippen molar-refractivity contribution in [1.29, 1.82) is 0 Å². The molecule has 5 nitrogen and oxygen atoms in total. The van der Waals surface area contributed by atoms with Gasteiger partial charge in [0.1, 0.15) is 5.82 Å². The summed E-state index contributed by atoms with van der Waals surface area (Å²) in [6, 6.07) is 20.0. The molecule has 0 radical (unpaired) electrons. The first-order valence-corrected chi connectivity index (χ1v) is 13.5. The lowest BCUT2D eigenvalue weighted by atomic mass is 10.0. The monoisotopic (exact) mass is 475 g/mol. The van der Waals surface area contributed by atoms with Crippen LogP contribution < -0.4 is 0 Å². The molecule has 0 saturated carbocycles. The molecule has 0 saturated heterocycles. The Kier molecular flexibility index (Phi) is 7.17. The van der Waals surface area contributed by atoms with Gasteiger partial charge in [-0.25, -0.2) is 21.2 Å². The number of sulfone groups is 1. The van der Waals surface area contributed by atoms with Crippen LogP contribution in [0.2, 0.25) is 0 Å². The molecule has 0 amide bonds. The summed E-state index contributed by atoms with van der Waals surface area (Å²) >= 11 is 0. The second kappa shape index (κ2) is 9.52. The molecule has 0 unspecified atom stereocenters. The van der Waals surface area contributed by atoms with E-state index in [-0.39, 0.29) is 18.0 Å². The van der Waals surface area contributed by atoms with Crippen LogP contribution in [0.15, 0.2) is 77.7 Å². The van der Waals surface area contributed by atoms with E-state index in [4.69, 9.17) is 0 Å². The standard InChI is InChI=1S/C24H26FNO4S2/c1-18(2)32(29,30)26(17-22-9-4-5-13-24(22)25)16-19-8-6-10-20(14-19)21-11-7-12-23(15-21)31(3,27)28/h4-15,18H,16-17H2,1-3H3. The average molecular weight is 476 g/mol. The Labute approximate surface area is 189 Å². The van der Waals surface area contributed by atoms with Crippen LogP contribution in [0, 0.1) is 5.82 Å². The molecule has 3 aromatic rings. The lowest BCUT2D eigenvalue weighted by Crippen LogP contribution is -2.35. The van der Waals surface area contributed by atoms with Crippen LogP contribution in [-0.2, 0) is 33.0 Å². The van der Waals surface area contributed by atoms with E-state index in [1.807, 2.05) is 12.1 Å². The van der Waals surface area contributed by atoms with E-state index in [2.05, 4.69) is 0 Å². The molecule has 0 fully saturated rings. The minimum absolute atomic E-state index is 0.0639. The van der Waals surface area contributed by atoms with Crippen LogP contribution in [0.5, 0.6) is 0 Å². The van der Waals surface area contributed by atoms with Crippen molar-refractivity contribution in [1.82, 2.24) is 4.31 Å². The van der Waals surface area contributed by atoms with Gasteiger partial charge < -0.3 is 0 Å². The first kappa shape index (κ1) is 24.1. The van der Waals surface area contributed by atoms with Crippen molar-refractivity contribution in [2.75, 3.05) is 6.26 Å².